The first-order chi connectivity index (χ1) is 35.6. The average molecular weight is 1040 g/mol. The minimum absolute atomic E-state index is 0.0147. The molecular formula is C54H59ClF4N8O7. The zero-order valence-electron chi connectivity index (χ0n) is 41.2. The summed E-state index contributed by atoms with van der Waals surface area (Å²) in [7, 11) is 1.55. The summed E-state index contributed by atoms with van der Waals surface area (Å²) < 4.78 is 78.1. The Morgan fingerprint density at radius 2 is 1.68 bits per heavy atom. The van der Waals surface area contributed by atoms with Crippen molar-refractivity contribution in [1.29, 1.82) is 0 Å². The van der Waals surface area contributed by atoms with E-state index in [1.807, 2.05) is 42.2 Å². The summed E-state index contributed by atoms with van der Waals surface area (Å²) in [6, 6.07) is 13.7. The van der Waals surface area contributed by atoms with E-state index in [0.717, 1.165) is 37.8 Å². The lowest BCUT2D eigenvalue weighted by atomic mass is 9.77. The zero-order chi connectivity index (χ0) is 52.2. The molecule has 1 aromatic heterocycles. The van der Waals surface area contributed by atoms with Gasteiger partial charge in [0.05, 0.1) is 22.6 Å². The fourth-order valence-electron chi connectivity index (χ4n) is 12.2. The first-order valence-electron chi connectivity index (χ1n) is 25.4. The Labute approximate surface area is 430 Å². The van der Waals surface area contributed by atoms with Crippen LogP contribution < -0.4 is 30.7 Å². The Hall–Kier alpha value is -6.28. The number of aryl methyl sites for hydroxylation is 1. The van der Waals surface area contributed by atoms with Crippen LogP contribution in [0.15, 0.2) is 54.6 Å². The van der Waals surface area contributed by atoms with Gasteiger partial charge >= 0.3 is 6.03 Å². The highest BCUT2D eigenvalue weighted by molar-refractivity contribution is 6.34. The van der Waals surface area contributed by atoms with Gasteiger partial charge in [-0.15, -0.1) is 0 Å². The first-order valence-corrected chi connectivity index (χ1v) is 25.8. The highest BCUT2D eigenvalue weighted by atomic mass is 35.5. The lowest BCUT2D eigenvalue weighted by Gasteiger charge is -2.39. The van der Waals surface area contributed by atoms with Gasteiger partial charge < -0.3 is 35.4 Å². The summed E-state index contributed by atoms with van der Waals surface area (Å²) in [6.07, 6.45) is 5.10. The van der Waals surface area contributed by atoms with Gasteiger partial charge in [-0.2, -0.15) is 5.10 Å². The number of likely N-dealkylation sites (tertiary alicyclic amines) is 2. The number of hydrogen-bond acceptors (Lipinski definition) is 10. The van der Waals surface area contributed by atoms with Crippen LogP contribution in [-0.4, -0.2) is 114 Å². The molecule has 5 heterocycles. The lowest BCUT2D eigenvalue weighted by Crippen LogP contribution is -2.49. The number of nitrogens with zero attached hydrogens (tertiary/aromatic N) is 5. The van der Waals surface area contributed by atoms with Crippen LogP contribution >= 0.6 is 11.6 Å². The van der Waals surface area contributed by atoms with Crippen LogP contribution in [0.1, 0.15) is 97.2 Å². The number of rotatable bonds is 14. The smallest absolute Gasteiger partial charge is 0.329 e. The normalized spacial score (nSPS) is 23.6. The van der Waals surface area contributed by atoms with E-state index in [9.17, 15) is 24.3 Å². The largest absolute Gasteiger partial charge is 0.488 e. The summed E-state index contributed by atoms with van der Waals surface area (Å²) in [5.41, 5.74) is 5.26. The van der Waals surface area contributed by atoms with Crippen LogP contribution in [0.2, 0.25) is 5.02 Å². The minimum Gasteiger partial charge on any atom is -0.488 e. The number of urea groups is 1. The second-order valence-electron chi connectivity index (χ2n) is 20.4. The van der Waals surface area contributed by atoms with Crippen molar-refractivity contribution in [3.05, 3.63) is 105 Å². The topological polar surface area (TPSA) is 185 Å². The zero-order valence-corrected chi connectivity index (χ0v) is 42.0. The molecule has 0 bridgehead atoms. The van der Waals surface area contributed by atoms with Crippen LogP contribution in [0.3, 0.4) is 0 Å². The molecule has 392 valence electrons. The van der Waals surface area contributed by atoms with E-state index in [1.165, 1.54) is 33.8 Å². The number of anilines is 1. The molecule has 5 aliphatic rings. The number of carbonyl (C=O) groups excluding carboxylic acids is 4. The lowest BCUT2D eigenvalue weighted by molar-refractivity contribution is -0.138. The number of amides is 5. The van der Waals surface area contributed by atoms with Gasteiger partial charge in [0.2, 0.25) is 17.7 Å². The standard InChI is InChI=1S/C54H59ClF4N8O7/c1-29-42-40(25-38(57)46(55)45(42)44-35(50(60)70)12-13-39(47(44)58)73-23-22-68)74-54(29,33-6-4-3-5-7-33)28-61-34-10-8-31(9-11-34)52(71)66-19-14-30(15-20-66)26-65-18-16-32(27-65)43-37(56)24-36-49(48(43)59)64(2)63-51(36)67-21-17-41(69)62-53(67)72/h3-7,12-13,24-25,29-32,34,61,68H,8-11,14-23,26-28H2,1-2H3,(H2,60,70)(H,62,69,72)/t29-,31?,32-,34?,54-/m0/s1. The SMILES string of the molecule is C[C@H]1c2c(cc(F)c(Cl)c2-c2c(C(N)=O)ccc(OCCO)c2F)O[C@]1(CNC1CCC(C(=O)N2CCC(CN3CC[C@H](c4c(F)cc5c(N6CCC(=O)NC6=O)nn(C)c5c4F)C3)CC2)CC1)c1ccccc1. The molecule has 3 atom stereocenters. The number of primary amides is 1. The molecule has 4 fully saturated rings. The molecule has 5 N–H and O–H groups in total. The Kier molecular flexibility index (Phi) is 14.4. The van der Waals surface area contributed by atoms with Crippen molar-refractivity contribution in [3.63, 3.8) is 0 Å². The average Bonchev–Trinajstić information content (AvgIpc) is 4.08. The first kappa shape index (κ1) is 51.2. The van der Waals surface area contributed by atoms with Crippen LogP contribution in [0.4, 0.5) is 28.2 Å². The van der Waals surface area contributed by atoms with Crippen molar-refractivity contribution in [2.24, 2.45) is 24.6 Å². The third-order valence-electron chi connectivity index (χ3n) is 16.1. The fraction of sp³-hybridized carbons (Fsp3) is 0.463. The molecule has 4 aliphatic heterocycles. The van der Waals surface area contributed by atoms with Crippen LogP contribution in [-0.2, 0) is 22.2 Å². The van der Waals surface area contributed by atoms with Gasteiger partial charge in [0, 0.05) is 105 Å². The molecule has 0 unspecified atom stereocenters. The predicted molar refractivity (Wildman–Crippen MR) is 268 cm³/mol. The minimum atomic E-state index is -1.14. The van der Waals surface area contributed by atoms with Gasteiger partial charge in [0.1, 0.15) is 29.5 Å². The van der Waals surface area contributed by atoms with E-state index in [-0.39, 0.29) is 100 Å². The van der Waals surface area contributed by atoms with Gasteiger partial charge in [-0.25, -0.2) is 22.4 Å². The number of aliphatic hydroxyl groups is 1. The van der Waals surface area contributed by atoms with Crippen molar-refractivity contribution < 1.29 is 51.3 Å². The Morgan fingerprint density at radius 3 is 2.38 bits per heavy atom. The number of benzene rings is 4. The Balaban J connectivity index is 0.755. The van der Waals surface area contributed by atoms with E-state index in [2.05, 4.69) is 20.6 Å². The Morgan fingerprint density at radius 1 is 0.932 bits per heavy atom. The number of hydrogen-bond donors (Lipinski definition) is 4. The van der Waals surface area contributed by atoms with E-state index in [4.69, 9.17) is 26.8 Å². The van der Waals surface area contributed by atoms with E-state index in [1.54, 1.807) is 7.05 Å². The summed E-state index contributed by atoms with van der Waals surface area (Å²) in [6.45, 7) is 4.79. The van der Waals surface area contributed by atoms with Gasteiger partial charge in [-0.1, -0.05) is 48.9 Å². The van der Waals surface area contributed by atoms with Crippen LogP contribution in [0, 0.1) is 35.1 Å². The molecule has 0 radical (unpaired) electrons. The number of fused-ring (bicyclic) bond motifs is 2. The monoisotopic (exact) mass is 1040 g/mol. The molecule has 0 spiro atoms. The molecule has 5 aromatic rings. The van der Waals surface area contributed by atoms with Crippen molar-refractivity contribution in [2.75, 3.05) is 63.9 Å². The summed E-state index contributed by atoms with van der Waals surface area (Å²) in [5, 5.41) is 19.4. The molecule has 20 heteroatoms. The second-order valence-corrected chi connectivity index (χ2v) is 20.8. The number of aliphatic hydroxyl groups excluding tert-OH is 1. The van der Waals surface area contributed by atoms with E-state index < -0.39 is 64.3 Å². The van der Waals surface area contributed by atoms with Crippen LogP contribution in [0.5, 0.6) is 11.5 Å². The maximum atomic E-state index is 16.5. The third kappa shape index (κ3) is 9.34. The van der Waals surface area contributed by atoms with Crippen molar-refractivity contribution >= 4 is 52.1 Å². The van der Waals surface area contributed by atoms with Gasteiger partial charge in [-0.05, 0) is 81.2 Å². The van der Waals surface area contributed by atoms with Gasteiger partial charge in [0.15, 0.2) is 28.8 Å². The number of halogens is 5. The molecule has 74 heavy (non-hydrogen) atoms. The number of nitrogens with two attached hydrogens (primary N) is 1. The van der Waals surface area contributed by atoms with Crippen molar-refractivity contribution in [3.8, 4) is 22.6 Å². The number of imide groups is 1. The number of piperidine rings is 1. The number of ether oxygens (including phenoxy) is 2. The number of carbonyl (C=O) groups is 4. The highest BCUT2D eigenvalue weighted by Gasteiger charge is 2.50. The molecule has 4 aromatic carbocycles. The summed E-state index contributed by atoms with van der Waals surface area (Å²) >= 11 is 6.71. The molecule has 10 rings (SSSR count). The predicted octanol–water partition coefficient (Wildman–Crippen LogP) is 7.63. The molecule has 1 saturated carbocycles. The maximum Gasteiger partial charge on any atom is 0.329 e. The summed E-state index contributed by atoms with van der Waals surface area (Å²) in [5.74, 6) is -5.28. The highest BCUT2D eigenvalue weighted by Crippen LogP contribution is 2.56. The Bertz CT molecular complexity index is 3020. The number of aromatic nitrogens is 2. The molecule has 1 aliphatic carbocycles. The van der Waals surface area contributed by atoms with Crippen molar-refractivity contribution in [1.82, 2.24) is 30.2 Å². The van der Waals surface area contributed by atoms with Crippen molar-refractivity contribution in [2.45, 2.75) is 81.8 Å². The number of nitrogens with one attached hydrogen (secondary N) is 2. The fourth-order valence-corrected chi connectivity index (χ4v) is 12.5. The quantitative estimate of drug-likeness (QED) is 0.0807. The van der Waals surface area contributed by atoms with Crippen LogP contribution in [0.25, 0.3) is 22.0 Å². The second kappa shape index (κ2) is 20.8. The van der Waals surface area contributed by atoms with E-state index >= 15 is 17.6 Å². The summed E-state index contributed by atoms with van der Waals surface area (Å²) in [4.78, 5) is 56.5. The molecule has 3 saturated heterocycles. The molecule has 5 amide bonds. The van der Waals surface area contributed by atoms with Gasteiger partial charge in [-0.3, -0.25) is 29.3 Å². The third-order valence-corrected chi connectivity index (χ3v) is 16.4. The maximum absolute atomic E-state index is 16.5. The molecular weight excluding hydrogens is 984 g/mol. The van der Waals surface area contributed by atoms with E-state index in [0.29, 0.717) is 56.9 Å². The molecule has 15 nitrogen and oxygen atoms in total. The van der Waals surface area contributed by atoms with Gasteiger partial charge in [0.25, 0.3) is 0 Å².